The second-order valence-electron chi connectivity index (χ2n) is 1.53. The van der Waals surface area contributed by atoms with Crippen molar-refractivity contribution in [3.05, 3.63) is 13.6 Å². The standard InChI is InChI=1S/C5HBr2ClO2S/c6-3-1-2(4(7)11-3)10-5(8)9/h1H. The van der Waals surface area contributed by atoms with Gasteiger partial charge in [-0.3, -0.25) is 0 Å². The summed E-state index contributed by atoms with van der Waals surface area (Å²) in [6.45, 7) is 0. The highest BCUT2D eigenvalue weighted by Gasteiger charge is 2.08. The van der Waals surface area contributed by atoms with Crippen LogP contribution in [0.4, 0.5) is 4.79 Å². The Bertz CT molecular complexity index is 286. The Morgan fingerprint density at radius 1 is 1.64 bits per heavy atom. The molecule has 0 unspecified atom stereocenters. The first kappa shape index (κ1) is 9.51. The molecule has 1 heterocycles. The van der Waals surface area contributed by atoms with Crippen molar-refractivity contribution in [3.63, 3.8) is 0 Å². The molecule has 1 aromatic rings. The fourth-order valence-corrected chi connectivity index (χ4v) is 3.17. The van der Waals surface area contributed by atoms with E-state index >= 15 is 0 Å². The van der Waals surface area contributed by atoms with E-state index in [0.29, 0.717) is 5.75 Å². The van der Waals surface area contributed by atoms with E-state index in [-0.39, 0.29) is 0 Å². The van der Waals surface area contributed by atoms with Gasteiger partial charge in [0.2, 0.25) is 0 Å². The second kappa shape index (κ2) is 3.89. The molecular weight excluding hydrogens is 319 g/mol. The zero-order valence-electron chi connectivity index (χ0n) is 4.94. The minimum atomic E-state index is -0.837. The maximum atomic E-state index is 10.3. The summed E-state index contributed by atoms with van der Waals surface area (Å²) < 4.78 is 6.23. The Balaban J connectivity index is 2.85. The normalized spacial score (nSPS) is 9.73. The number of hydrogen-bond donors (Lipinski definition) is 0. The average molecular weight is 320 g/mol. The smallest absolute Gasteiger partial charge is 0.409 e. The van der Waals surface area contributed by atoms with E-state index in [1.807, 2.05) is 0 Å². The van der Waals surface area contributed by atoms with E-state index in [4.69, 9.17) is 11.6 Å². The quantitative estimate of drug-likeness (QED) is 0.731. The summed E-state index contributed by atoms with van der Waals surface area (Å²) in [6.07, 6.45) is 0. The molecule has 0 saturated carbocycles. The number of hydrogen-bond acceptors (Lipinski definition) is 3. The van der Waals surface area contributed by atoms with Crippen molar-refractivity contribution in [2.24, 2.45) is 0 Å². The third-order valence-electron chi connectivity index (χ3n) is 0.816. The molecule has 60 valence electrons. The Morgan fingerprint density at radius 2 is 2.27 bits per heavy atom. The van der Waals surface area contributed by atoms with Crippen LogP contribution < -0.4 is 4.74 Å². The molecular formula is C5HBr2ClO2S. The minimum absolute atomic E-state index is 0.432. The van der Waals surface area contributed by atoms with Gasteiger partial charge in [0.05, 0.1) is 3.79 Å². The van der Waals surface area contributed by atoms with Crippen molar-refractivity contribution in [3.8, 4) is 5.75 Å². The molecule has 2 nitrogen and oxygen atoms in total. The van der Waals surface area contributed by atoms with Crippen molar-refractivity contribution in [2.45, 2.75) is 0 Å². The lowest BCUT2D eigenvalue weighted by atomic mass is 10.6. The van der Waals surface area contributed by atoms with Gasteiger partial charge in [-0.2, -0.15) is 0 Å². The lowest BCUT2D eigenvalue weighted by Crippen LogP contribution is -1.94. The third-order valence-corrected chi connectivity index (χ3v) is 3.18. The van der Waals surface area contributed by atoms with Gasteiger partial charge in [-0.1, -0.05) is 0 Å². The fraction of sp³-hybridized carbons (Fsp3) is 0. The minimum Gasteiger partial charge on any atom is -0.412 e. The second-order valence-corrected chi connectivity index (χ2v) is 5.59. The van der Waals surface area contributed by atoms with Crippen LogP contribution in [0.5, 0.6) is 5.75 Å². The lowest BCUT2D eigenvalue weighted by Gasteiger charge is -1.93. The van der Waals surface area contributed by atoms with Crippen LogP contribution >= 0.6 is 54.8 Å². The largest absolute Gasteiger partial charge is 0.412 e. The highest BCUT2D eigenvalue weighted by molar-refractivity contribution is 9.12. The predicted octanol–water partition coefficient (Wildman–Crippen LogP) is 4.01. The molecule has 0 aliphatic rings. The molecule has 6 heteroatoms. The first-order valence-electron chi connectivity index (χ1n) is 2.41. The third kappa shape index (κ3) is 2.74. The topological polar surface area (TPSA) is 26.3 Å². The summed E-state index contributed by atoms with van der Waals surface area (Å²) in [5, 5.41) is 0. The molecule has 0 saturated heterocycles. The zero-order chi connectivity index (χ0) is 8.43. The monoisotopic (exact) mass is 318 g/mol. The number of halogens is 3. The molecule has 0 atom stereocenters. The van der Waals surface area contributed by atoms with Gasteiger partial charge in [0.1, 0.15) is 3.79 Å². The molecule has 11 heavy (non-hydrogen) atoms. The van der Waals surface area contributed by atoms with E-state index in [0.717, 1.165) is 7.57 Å². The molecule has 0 fully saturated rings. The summed E-state index contributed by atoms with van der Waals surface area (Å²) in [7, 11) is 0. The maximum absolute atomic E-state index is 10.3. The van der Waals surface area contributed by atoms with Crippen LogP contribution in [0.15, 0.2) is 13.6 Å². The number of thiophene rings is 1. The van der Waals surface area contributed by atoms with E-state index < -0.39 is 5.43 Å². The van der Waals surface area contributed by atoms with Gasteiger partial charge >= 0.3 is 5.43 Å². The van der Waals surface area contributed by atoms with Crippen molar-refractivity contribution in [2.75, 3.05) is 0 Å². The first-order chi connectivity index (χ1) is 5.09. The van der Waals surface area contributed by atoms with E-state index in [1.54, 1.807) is 6.07 Å². The predicted molar refractivity (Wildman–Crippen MR) is 51.6 cm³/mol. The van der Waals surface area contributed by atoms with Crippen LogP contribution in [-0.4, -0.2) is 5.43 Å². The van der Waals surface area contributed by atoms with Crippen LogP contribution in [-0.2, 0) is 0 Å². The van der Waals surface area contributed by atoms with E-state index in [9.17, 15) is 4.79 Å². The molecule has 1 rings (SSSR count). The Morgan fingerprint density at radius 3 is 2.64 bits per heavy atom. The Kier molecular flexibility index (Phi) is 3.36. The molecule has 0 bridgehead atoms. The lowest BCUT2D eigenvalue weighted by molar-refractivity contribution is 0.225. The highest BCUT2D eigenvalue weighted by Crippen LogP contribution is 2.37. The summed E-state index contributed by atoms with van der Waals surface area (Å²) in [5.41, 5.74) is -0.837. The molecule has 0 spiro atoms. The van der Waals surface area contributed by atoms with Crippen molar-refractivity contribution in [1.29, 1.82) is 0 Å². The highest BCUT2D eigenvalue weighted by atomic mass is 79.9. The molecule has 0 amide bonds. The zero-order valence-corrected chi connectivity index (χ0v) is 9.68. The van der Waals surface area contributed by atoms with Crippen molar-refractivity contribution in [1.82, 2.24) is 0 Å². The van der Waals surface area contributed by atoms with Crippen molar-refractivity contribution < 1.29 is 9.53 Å². The van der Waals surface area contributed by atoms with Crippen LogP contribution in [0.3, 0.4) is 0 Å². The van der Waals surface area contributed by atoms with Gasteiger partial charge in [-0.05, 0) is 31.9 Å². The molecule has 0 aliphatic carbocycles. The summed E-state index contributed by atoms with van der Waals surface area (Å²) >= 11 is 12.8. The Hall–Kier alpha value is 0.420. The summed E-state index contributed by atoms with van der Waals surface area (Å²) in [5.74, 6) is 0.432. The molecule has 0 radical (unpaired) electrons. The van der Waals surface area contributed by atoms with Crippen LogP contribution in [0.1, 0.15) is 0 Å². The first-order valence-corrected chi connectivity index (χ1v) is 5.20. The van der Waals surface area contributed by atoms with Gasteiger partial charge in [-0.15, -0.1) is 11.3 Å². The van der Waals surface area contributed by atoms with Crippen LogP contribution in [0.25, 0.3) is 0 Å². The number of ether oxygens (including phenoxy) is 1. The van der Waals surface area contributed by atoms with Gasteiger partial charge in [0, 0.05) is 17.7 Å². The average Bonchev–Trinajstić information content (AvgIpc) is 2.09. The molecule has 0 aliphatic heterocycles. The van der Waals surface area contributed by atoms with Crippen LogP contribution in [0.2, 0.25) is 0 Å². The van der Waals surface area contributed by atoms with E-state index in [2.05, 4.69) is 36.6 Å². The summed E-state index contributed by atoms with van der Waals surface area (Å²) in [6, 6.07) is 1.66. The number of carbonyl (C=O) groups excluding carboxylic acids is 1. The SMILES string of the molecule is O=C(Cl)Oc1cc(Br)sc1Br. The Labute approximate surface area is 88.8 Å². The fourth-order valence-electron chi connectivity index (χ4n) is 0.481. The van der Waals surface area contributed by atoms with Crippen LogP contribution in [0, 0.1) is 0 Å². The van der Waals surface area contributed by atoms with Crippen molar-refractivity contribution >= 4 is 60.2 Å². The number of carbonyl (C=O) groups is 1. The molecule has 1 aromatic heterocycles. The summed E-state index contributed by atoms with van der Waals surface area (Å²) in [4.78, 5) is 10.3. The van der Waals surface area contributed by atoms with Gasteiger partial charge in [0.15, 0.2) is 5.75 Å². The maximum Gasteiger partial charge on any atom is 0.409 e. The molecule has 0 aromatic carbocycles. The van der Waals surface area contributed by atoms with Gasteiger partial charge in [0.25, 0.3) is 0 Å². The molecule has 0 N–H and O–H groups in total. The number of rotatable bonds is 1. The van der Waals surface area contributed by atoms with E-state index in [1.165, 1.54) is 11.3 Å². The van der Waals surface area contributed by atoms with Gasteiger partial charge < -0.3 is 4.74 Å². The van der Waals surface area contributed by atoms with Gasteiger partial charge in [-0.25, -0.2) is 4.79 Å².